The molecular weight excluding hydrogens is 434 g/mol. The van der Waals surface area contributed by atoms with E-state index in [2.05, 4.69) is 25.8 Å². The van der Waals surface area contributed by atoms with Gasteiger partial charge in [0.15, 0.2) is 11.0 Å². The van der Waals surface area contributed by atoms with E-state index in [0.29, 0.717) is 10.8 Å². The Morgan fingerprint density at radius 3 is 2.36 bits per heavy atom. The Hall–Kier alpha value is -4.24. The van der Waals surface area contributed by atoms with E-state index in [1.165, 1.54) is 11.8 Å². The fourth-order valence-corrected chi connectivity index (χ4v) is 4.13. The summed E-state index contributed by atoms with van der Waals surface area (Å²) in [6.07, 6.45) is 3.32. The van der Waals surface area contributed by atoms with E-state index < -0.39 is 0 Å². The van der Waals surface area contributed by atoms with Gasteiger partial charge in [-0.15, -0.1) is 15.3 Å². The SMILES string of the molecule is O=C(CSc1nnc(-c2ccccc2)n1-c1ccccc1)Nc1ccccc1-n1ccnn1. The summed E-state index contributed by atoms with van der Waals surface area (Å²) in [6.45, 7) is 0. The fourth-order valence-electron chi connectivity index (χ4n) is 3.38. The van der Waals surface area contributed by atoms with Gasteiger partial charge in [0.25, 0.3) is 0 Å². The third-order valence-electron chi connectivity index (χ3n) is 4.86. The van der Waals surface area contributed by atoms with Crippen LogP contribution in [0.25, 0.3) is 22.8 Å². The van der Waals surface area contributed by atoms with Gasteiger partial charge in [0.05, 0.1) is 29.5 Å². The first kappa shape index (κ1) is 20.7. The van der Waals surface area contributed by atoms with E-state index in [1.807, 2.05) is 89.5 Å². The molecule has 5 rings (SSSR count). The average Bonchev–Trinajstić information content (AvgIpc) is 3.55. The topological polar surface area (TPSA) is 90.5 Å². The Labute approximate surface area is 194 Å². The van der Waals surface area contributed by atoms with Gasteiger partial charge in [-0.25, -0.2) is 4.68 Å². The molecule has 1 amide bonds. The molecule has 0 radical (unpaired) electrons. The van der Waals surface area contributed by atoms with Crippen molar-refractivity contribution >= 4 is 23.4 Å². The third kappa shape index (κ3) is 4.53. The van der Waals surface area contributed by atoms with Gasteiger partial charge in [0, 0.05) is 11.3 Å². The van der Waals surface area contributed by atoms with E-state index >= 15 is 0 Å². The summed E-state index contributed by atoms with van der Waals surface area (Å²) in [5, 5.41) is 20.2. The van der Waals surface area contributed by atoms with Crippen LogP contribution in [0.15, 0.2) is 102 Å². The minimum absolute atomic E-state index is 0.156. The van der Waals surface area contributed by atoms with Crippen molar-refractivity contribution in [1.29, 1.82) is 0 Å². The van der Waals surface area contributed by atoms with Crippen molar-refractivity contribution < 1.29 is 4.79 Å². The standard InChI is InChI=1S/C24H19N7OS/c32-22(26-20-13-7-8-14-21(20)30-16-15-25-29-30)17-33-24-28-27-23(18-9-3-1-4-10-18)31(24)19-11-5-2-6-12-19/h1-16H,17H2,(H,26,32). The number of benzene rings is 3. The van der Waals surface area contributed by atoms with Crippen LogP contribution in [-0.2, 0) is 4.79 Å². The molecule has 0 unspecified atom stereocenters. The van der Waals surface area contributed by atoms with Crippen molar-refractivity contribution in [3.8, 4) is 22.8 Å². The molecule has 33 heavy (non-hydrogen) atoms. The number of hydrogen-bond donors (Lipinski definition) is 1. The molecule has 0 aliphatic carbocycles. The van der Waals surface area contributed by atoms with Crippen LogP contribution in [0.2, 0.25) is 0 Å². The predicted molar refractivity (Wildman–Crippen MR) is 128 cm³/mol. The minimum Gasteiger partial charge on any atom is -0.323 e. The van der Waals surface area contributed by atoms with Crippen LogP contribution in [-0.4, -0.2) is 41.4 Å². The smallest absolute Gasteiger partial charge is 0.234 e. The number of anilines is 1. The Morgan fingerprint density at radius 1 is 0.879 bits per heavy atom. The van der Waals surface area contributed by atoms with Crippen molar-refractivity contribution in [1.82, 2.24) is 29.8 Å². The van der Waals surface area contributed by atoms with Crippen molar-refractivity contribution in [2.45, 2.75) is 5.16 Å². The molecule has 0 saturated carbocycles. The lowest BCUT2D eigenvalue weighted by molar-refractivity contribution is -0.113. The van der Waals surface area contributed by atoms with Crippen molar-refractivity contribution in [2.75, 3.05) is 11.1 Å². The lowest BCUT2D eigenvalue weighted by Crippen LogP contribution is -2.16. The number of hydrogen-bond acceptors (Lipinski definition) is 6. The Morgan fingerprint density at radius 2 is 1.61 bits per heavy atom. The van der Waals surface area contributed by atoms with Gasteiger partial charge >= 0.3 is 0 Å². The summed E-state index contributed by atoms with van der Waals surface area (Å²) in [6, 6.07) is 27.2. The molecule has 0 bridgehead atoms. The monoisotopic (exact) mass is 453 g/mol. The molecule has 0 saturated heterocycles. The summed E-state index contributed by atoms with van der Waals surface area (Å²) >= 11 is 1.33. The first-order chi connectivity index (χ1) is 16.3. The van der Waals surface area contributed by atoms with Crippen LogP contribution in [0.3, 0.4) is 0 Å². The molecule has 162 valence electrons. The van der Waals surface area contributed by atoms with Crippen molar-refractivity contribution in [3.05, 3.63) is 97.3 Å². The van der Waals surface area contributed by atoms with E-state index in [-0.39, 0.29) is 11.7 Å². The molecular formula is C24H19N7OS. The third-order valence-corrected chi connectivity index (χ3v) is 5.79. The highest BCUT2D eigenvalue weighted by Gasteiger charge is 2.17. The number of amides is 1. The molecule has 0 atom stereocenters. The zero-order valence-corrected chi connectivity index (χ0v) is 18.3. The predicted octanol–water partition coefficient (Wildman–Crippen LogP) is 4.25. The van der Waals surface area contributed by atoms with Crippen LogP contribution >= 0.6 is 11.8 Å². The maximum absolute atomic E-state index is 12.8. The summed E-state index contributed by atoms with van der Waals surface area (Å²) in [5.41, 5.74) is 3.28. The van der Waals surface area contributed by atoms with Gasteiger partial charge < -0.3 is 5.32 Å². The number of nitrogens with one attached hydrogen (secondary N) is 1. The normalized spacial score (nSPS) is 10.8. The highest BCUT2D eigenvalue weighted by Crippen LogP contribution is 2.28. The zero-order chi connectivity index (χ0) is 22.5. The van der Waals surface area contributed by atoms with E-state index in [4.69, 9.17) is 0 Å². The second-order valence-corrected chi connectivity index (χ2v) is 7.99. The molecule has 9 heteroatoms. The number of carbonyl (C=O) groups is 1. The van der Waals surface area contributed by atoms with Crippen molar-refractivity contribution in [2.24, 2.45) is 0 Å². The van der Waals surface area contributed by atoms with Crippen molar-refractivity contribution in [3.63, 3.8) is 0 Å². The second-order valence-electron chi connectivity index (χ2n) is 7.04. The summed E-state index contributed by atoms with van der Waals surface area (Å²) < 4.78 is 3.58. The molecule has 8 nitrogen and oxygen atoms in total. The molecule has 2 aromatic heterocycles. The molecule has 1 N–H and O–H groups in total. The summed E-state index contributed by atoms with van der Waals surface area (Å²) in [5.74, 6) is 0.739. The number of nitrogens with zero attached hydrogens (tertiary/aromatic N) is 6. The van der Waals surface area contributed by atoms with Crippen LogP contribution in [0, 0.1) is 0 Å². The molecule has 0 aliphatic rings. The number of rotatable bonds is 7. The highest BCUT2D eigenvalue weighted by molar-refractivity contribution is 7.99. The van der Waals surface area contributed by atoms with Gasteiger partial charge in [-0.2, -0.15) is 0 Å². The minimum atomic E-state index is -0.156. The van der Waals surface area contributed by atoms with Crippen LogP contribution in [0.5, 0.6) is 0 Å². The molecule has 3 aromatic carbocycles. The molecule has 0 aliphatic heterocycles. The lowest BCUT2D eigenvalue weighted by atomic mass is 10.2. The van der Waals surface area contributed by atoms with Gasteiger partial charge in [-0.1, -0.05) is 77.6 Å². The van der Waals surface area contributed by atoms with Gasteiger partial charge in [0.1, 0.15) is 0 Å². The Balaban J connectivity index is 1.38. The maximum atomic E-state index is 12.8. The Bertz CT molecular complexity index is 1350. The maximum Gasteiger partial charge on any atom is 0.234 e. The number of aromatic nitrogens is 6. The summed E-state index contributed by atoms with van der Waals surface area (Å²) in [7, 11) is 0. The second kappa shape index (κ2) is 9.49. The van der Waals surface area contributed by atoms with Gasteiger partial charge in [-0.05, 0) is 24.3 Å². The largest absolute Gasteiger partial charge is 0.323 e. The number of para-hydroxylation sites is 3. The van der Waals surface area contributed by atoms with Gasteiger partial charge in [0.2, 0.25) is 5.91 Å². The number of thioether (sulfide) groups is 1. The number of carbonyl (C=O) groups excluding carboxylic acids is 1. The van der Waals surface area contributed by atoms with Crippen LogP contribution in [0.1, 0.15) is 0 Å². The van der Waals surface area contributed by atoms with Crippen LogP contribution < -0.4 is 5.32 Å². The molecule has 0 fully saturated rings. The zero-order valence-electron chi connectivity index (χ0n) is 17.4. The molecule has 0 spiro atoms. The van der Waals surface area contributed by atoms with E-state index in [1.54, 1.807) is 17.1 Å². The fraction of sp³-hybridized carbons (Fsp3) is 0.0417. The average molecular weight is 454 g/mol. The Kier molecular flexibility index (Phi) is 5.94. The van der Waals surface area contributed by atoms with E-state index in [9.17, 15) is 4.79 Å². The lowest BCUT2D eigenvalue weighted by Gasteiger charge is -2.12. The first-order valence-corrected chi connectivity index (χ1v) is 11.2. The van der Waals surface area contributed by atoms with Crippen LogP contribution in [0.4, 0.5) is 5.69 Å². The quantitative estimate of drug-likeness (QED) is 0.371. The van der Waals surface area contributed by atoms with E-state index in [0.717, 1.165) is 22.8 Å². The molecule has 2 heterocycles. The molecule has 5 aromatic rings. The summed E-state index contributed by atoms with van der Waals surface area (Å²) in [4.78, 5) is 12.8. The highest BCUT2D eigenvalue weighted by atomic mass is 32.2. The van der Waals surface area contributed by atoms with Gasteiger partial charge in [-0.3, -0.25) is 9.36 Å². The first-order valence-electron chi connectivity index (χ1n) is 10.2.